The van der Waals surface area contributed by atoms with Crippen LogP contribution in [0.1, 0.15) is 54.4 Å². The molecule has 94 valence electrons. The largest absolute Gasteiger partial charge is 0.459 e. The highest BCUT2D eigenvalue weighted by molar-refractivity contribution is 5.81. The number of carbonyl (C=O) groups is 1. The van der Waals surface area contributed by atoms with Crippen LogP contribution < -0.4 is 0 Å². The third-order valence-electron chi connectivity index (χ3n) is 2.13. The zero-order chi connectivity index (χ0) is 13.0. The van der Waals surface area contributed by atoms with Crippen LogP contribution in [0.25, 0.3) is 0 Å². The first kappa shape index (κ1) is 15.2. The van der Waals surface area contributed by atoms with E-state index in [9.17, 15) is 4.79 Å². The number of hydrogen-bond acceptors (Lipinski definition) is 2. The van der Waals surface area contributed by atoms with Gasteiger partial charge >= 0.3 is 5.97 Å². The van der Waals surface area contributed by atoms with Crippen molar-refractivity contribution >= 4 is 5.97 Å². The van der Waals surface area contributed by atoms with Gasteiger partial charge in [-0.05, 0) is 23.7 Å². The highest BCUT2D eigenvalue weighted by Crippen LogP contribution is 2.30. The number of carbonyl (C=O) groups excluding carboxylic acids is 1. The molecule has 0 heterocycles. The molecule has 0 radical (unpaired) electrons. The van der Waals surface area contributed by atoms with Crippen molar-refractivity contribution in [1.82, 2.24) is 0 Å². The molecule has 2 nitrogen and oxygen atoms in total. The molecule has 0 aliphatic carbocycles. The lowest BCUT2D eigenvalue weighted by molar-refractivity contribution is -0.145. The minimum absolute atomic E-state index is 0.0227. The van der Waals surface area contributed by atoms with Crippen LogP contribution in [0, 0.1) is 10.8 Å². The smallest absolute Gasteiger partial charge is 0.330 e. The lowest BCUT2D eigenvalue weighted by Crippen LogP contribution is -2.27. The molecule has 0 aromatic rings. The van der Waals surface area contributed by atoms with Crippen molar-refractivity contribution in [3.63, 3.8) is 0 Å². The van der Waals surface area contributed by atoms with Crippen molar-refractivity contribution in [3.05, 3.63) is 12.7 Å². The zero-order valence-corrected chi connectivity index (χ0v) is 11.6. The van der Waals surface area contributed by atoms with Crippen molar-refractivity contribution in [2.24, 2.45) is 10.8 Å². The molecule has 0 atom stereocenters. The number of ether oxygens (including phenoxy) is 1. The summed E-state index contributed by atoms with van der Waals surface area (Å²) in [6.07, 6.45) is 2.97. The second kappa shape index (κ2) is 5.51. The first-order valence-electron chi connectivity index (χ1n) is 5.86. The van der Waals surface area contributed by atoms with Crippen LogP contribution in [0.5, 0.6) is 0 Å². The Morgan fingerprint density at radius 3 is 1.75 bits per heavy atom. The van der Waals surface area contributed by atoms with Crippen LogP contribution in [0.3, 0.4) is 0 Å². The van der Waals surface area contributed by atoms with Gasteiger partial charge in [0.2, 0.25) is 0 Å². The maximum atomic E-state index is 11.3. The minimum Gasteiger partial charge on any atom is -0.459 e. The van der Waals surface area contributed by atoms with Gasteiger partial charge in [-0.1, -0.05) is 48.1 Å². The van der Waals surface area contributed by atoms with Crippen molar-refractivity contribution in [3.8, 4) is 0 Å². The summed E-state index contributed by atoms with van der Waals surface area (Å²) in [5, 5.41) is 0. The maximum Gasteiger partial charge on any atom is 0.330 e. The minimum atomic E-state index is -0.321. The Kier molecular flexibility index (Phi) is 5.24. The van der Waals surface area contributed by atoms with Crippen LogP contribution in [-0.2, 0) is 9.53 Å². The van der Waals surface area contributed by atoms with Gasteiger partial charge in [-0.25, -0.2) is 4.79 Å². The van der Waals surface area contributed by atoms with E-state index in [1.807, 2.05) is 0 Å². The van der Waals surface area contributed by atoms with Gasteiger partial charge in [-0.2, -0.15) is 0 Å². The molecule has 2 heteroatoms. The molecule has 0 aliphatic heterocycles. The normalized spacial score (nSPS) is 12.7. The van der Waals surface area contributed by atoms with Crippen molar-refractivity contribution in [2.75, 3.05) is 0 Å². The molecule has 0 amide bonds. The van der Waals surface area contributed by atoms with E-state index >= 15 is 0 Å². The monoisotopic (exact) mass is 226 g/mol. The molecule has 0 saturated heterocycles. The third kappa shape index (κ3) is 8.51. The van der Waals surface area contributed by atoms with Gasteiger partial charge in [-0.15, -0.1) is 0 Å². The Morgan fingerprint density at radius 2 is 1.50 bits per heavy atom. The van der Waals surface area contributed by atoms with Gasteiger partial charge in [0.05, 0.1) is 0 Å². The third-order valence-corrected chi connectivity index (χ3v) is 2.13. The molecular formula is C14H26O2. The Balaban J connectivity index is 4.51. The van der Waals surface area contributed by atoms with Crippen LogP contribution >= 0.6 is 0 Å². The molecule has 0 unspecified atom stereocenters. The Hall–Kier alpha value is -0.790. The highest BCUT2D eigenvalue weighted by Gasteiger charge is 2.26. The fraction of sp³-hybridized carbons (Fsp3) is 0.786. The average molecular weight is 226 g/mol. The van der Waals surface area contributed by atoms with Gasteiger partial charge in [-0.3, -0.25) is 0 Å². The summed E-state index contributed by atoms with van der Waals surface area (Å²) in [5.74, 6) is -0.321. The summed E-state index contributed by atoms with van der Waals surface area (Å²) in [7, 11) is 0. The Labute approximate surface area is 100 Å². The predicted molar refractivity (Wildman–Crippen MR) is 68.2 cm³/mol. The van der Waals surface area contributed by atoms with E-state index < -0.39 is 0 Å². The van der Waals surface area contributed by atoms with Crippen molar-refractivity contribution < 1.29 is 9.53 Å². The number of rotatable bonds is 4. The first-order valence-corrected chi connectivity index (χ1v) is 5.86. The van der Waals surface area contributed by atoms with Gasteiger partial charge in [0.25, 0.3) is 0 Å². The van der Waals surface area contributed by atoms with Gasteiger partial charge < -0.3 is 4.74 Å². The molecule has 0 aromatic heterocycles. The number of esters is 1. The molecule has 0 rings (SSSR count). The van der Waals surface area contributed by atoms with E-state index in [-0.39, 0.29) is 22.9 Å². The number of hydrogen-bond donors (Lipinski definition) is 0. The highest BCUT2D eigenvalue weighted by atomic mass is 16.5. The van der Waals surface area contributed by atoms with Crippen molar-refractivity contribution in [2.45, 2.75) is 60.5 Å². The summed E-state index contributed by atoms with van der Waals surface area (Å²) in [6.45, 7) is 16.4. The second-order valence-electron chi connectivity index (χ2n) is 6.79. The molecule has 0 N–H and O–H groups in total. The van der Waals surface area contributed by atoms with Gasteiger partial charge in [0.1, 0.15) is 6.10 Å². The van der Waals surface area contributed by atoms with Crippen LogP contribution in [0.4, 0.5) is 0 Å². The van der Waals surface area contributed by atoms with E-state index in [0.717, 1.165) is 12.8 Å². The summed E-state index contributed by atoms with van der Waals surface area (Å²) in [5.41, 5.74) is 0.328. The Bertz CT molecular complexity index is 224. The van der Waals surface area contributed by atoms with Gasteiger partial charge in [0, 0.05) is 6.08 Å². The van der Waals surface area contributed by atoms with E-state index in [4.69, 9.17) is 4.74 Å². The predicted octanol–water partition coefficient (Wildman–Crippen LogP) is 3.96. The Morgan fingerprint density at radius 1 is 1.12 bits per heavy atom. The van der Waals surface area contributed by atoms with Crippen molar-refractivity contribution in [1.29, 1.82) is 0 Å². The molecule has 0 spiro atoms. The molecule has 0 saturated carbocycles. The van der Waals surface area contributed by atoms with E-state index in [1.165, 1.54) is 6.08 Å². The fourth-order valence-electron chi connectivity index (χ4n) is 1.73. The van der Waals surface area contributed by atoms with Crippen LogP contribution in [0.15, 0.2) is 12.7 Å². The SMILES string of the molecule is C=CC(=O)OC(CC(C)(C)C)CC(C)(C)C. The van der Waals surface area contributed by atoms with E-state index in [2.05, 4.69) is 48.1 Å². The fourth-order valence-corrected chi connectivity index (χ4v) is 1.73. The summed E-state index contributed by atoms with van der Waals surface area (Å²) in [4.78, 5) is 11.3. The molecule has 0 aromatic carbocycles. The first-order chi connectivity index (χ1) is 7.03. The second-order valence-corrected chi connectivity index (χ2v) is 6.79. The van der Waals surface area contributed by atoms with Crippen LogP contribution in [-0.4, -0.2) is 12.1 Å². The average Bonchev–Trinajstić information content (AvgIpc) is 1.97. The van der Waals surface area contributed by atoms with Crippen LogP contribution in [0.2, 0.25) is 0 Å². The standard InChI is InChI=1S/C14H26O2/c1-8-12(15)16-11(9-13(2,3)4)10-14(5,6)7/h8,11H,1,9-10H2,2-7H3. The summed E-state index contributed by atoms with van der Waals surface area (Å²) < 4.78 is 5.39. The molecular weight excluding hydrogens is 200 g/mol. The molecule has 0 bridgehead atoms. The topological polar surface area (TPSA) is 26.3 Å². The van der Waals surface area contributed by atoms with Gasteiger partial charge in [0.15, 0.2) is 0 Å². The summed E-state index contributed by atoms with van der Waals surface area (Å²) >= 11 is 0. The molecule has 16 heavy (non-hydrogen) atoms. The molecule has 0 fully saturated rings. The lowest BCUT2D eigenvalue weighted by Gasteiger charge is -2.30. The summed E-state index contributed by atoms with van der Waals surface area (Å²) in [6, 6.07) is 0. The molecule has 0 aliphatic rings. The van der Waals surface area contributed by atoms with E-state index in [0.29, 0.717) is 0 Å². The quantitative estimate of drug-likeness (QED) is 0.536. The van der Waals surface area contributed by atoms with E-state index in [1.54, 1.807) is 0 Å². The lowest BCUT2D eigenvalue weighted by atomic mass is 9.82. The maximum absolute atomic E-state index is 11.3. The zero-order valence-electron chi connectivity index (χ0n) is 11.6.